The van der Waals surface area contributed by atoms with E-state index in [2.05, 4.69) is 34.3 Å². The molecular weight excluding hydrogens is 224 g/mol. The van der Waals surface area contributed by atoms with Gasteiger partial charge in [0.15, 0.2) is 0 Å². The molecule has 0 amide bonds. The third kappa shape index (κ3) is 3.08. The molecule has 66 valence electrons. The number of halogens is 1. The van der Waals surface area contributed by atoms with Crippen LogP contribution in [0.2, 0.25) is 0 Å². The molecule has 1 aromatic carbocycles. The molecule has 0 aliphatic rings. The minimum absolute atomic E-state index is 0.880. The van der Waals surface area contributed by atoms with Gasteiger partial charge in [0.2, 0.25) is 0 Å². The van der Waals surface area contributed by atoms with Crippen LogP contribution in [0.25, 0.3) is 6.08 Å². The first-order chi connectivity index (χ1) is 6.38. The number of hydrogen-bond acceptors (Lipinski definition) is 0. The van der Waals surface area contributed by atoms with E-state index in [9.17, 15) is 0 Å². The van der Waals surface area contributed by atoms with Gasteiger partial charge < -0.3 is 0 Å². The Kier molecular flexibility index (Phi) is 4.35. The number of benzene rings is 1. The Bertz CT molecular complexity index is 342. The van der Waals surface area contributed by atoms with E-state index >= 15 is 0 Å². The Morgan fingerprint density at radius 2 is 2.15 bits per heavy atom. The molecule has 1 rings (SSSR count). The summed E-state index contributed by atoms with van der Waals surface area (Å²) in [6, 6.07) is 8.02. The van der Waals surface area contributed by atoms with Crippen LogP contribution in [0.4, 0.5) is 0 Å². The van der Waals surface area contributed by atoms with Gasteiger partial charge in [-0.3, -0.25) is 0 Å². The van der Waals surface area contributed by atoms with Crippen LogP contribution in [0.5, 0.6) is 0 Å². The van der Waals surface area contributed by atoms with Crippen molar-refractivity contribution >= 4 is 22.0 Å². The molecule has 1 heteroatoms. The quantitative estimate of drug-likeness (QED) is 0.544. The summed E-state index contributed by atoms with van der Waals surface area (Å²) >= 11 is 3.34. The molecule has 0 N–H and O–H groups in total. The Morgan fingerprint density at radius 1 is 1.38 bits per heavy atom. The van der Waals surface area contributed by atoms with Crippen LogP contribution in [0.1, 0.15) is 17.5 Å². The maximum absolute atomic E-state index is 3.74. The highest BCUT2D eigenvalue weighted by atomic mass is 79.9. The lowest BCUT2D eigenvalue weighted by atomic mass is 10.1. The second kappa shape index (κ2) is 5.61. The molecule has 0 aliphatic carbocycles. The molecule has 0 heterocycles. The molecule has 0 nitrogen and oxygen atoms in total. The number of hydrogen-bond donors (Lipinski definition) is 0. The van der Waals surface area contributed by atoms with Crippen LogP contribution in [0.15, 0.2) is 30.8 Å². The van der Waals surface area contributed by atoms with Crippen LogP contribution in [0.3, 0.4) is 0 Å². The van der Waals surface area contributed by atoms with Gasteiger partial charge in [0.1, 0.15) is 0 Å². The van der Waals surface area contributed by atoms with E-state index in [-0.39, 0.29) is 0 Å². The van der Waals surface area contributed by atoms with Crippen molar-refractivity contribution in [2.45, 2.75) is 6.42 Å². The zero-order chi connectivity index (χ0) is 9.52. The van der Waals surface area contributed by atoms with Gasteiger partial charge in [-0.25, -0.2) is 0 Å². The van der Waals surface area contributed by atoms with Crippen LogP contribution in [0, 0.1) is 11.8 Å². The summed E-state index contributed by atoms with van der Waals surface area (Å²) in [6.45, 7) is 3.74. The smallest absolute Gasteiger partial charge is 0.0317 e. The summed E-state index contributed by atoms with van der Waals surface area (Å²) in [5.74, 6) is 6.20. The normalized spacial score (nSPS) is 8.69. The standard InChI is InChI=1S/C12H11Br/c1-2-11-7-3-4-8-12(11)9-5-6-10-13/h2-4,7-8H,1,6,10H2. The predicted molar refractivity (Wildman–Crippen MR) is 61.8 cm³/mol. The fraction of sp³-hybridized carbons (Fsp3) is 0.167. The molecule has 0 aromatic heterocycles. The second-order valence-electron chi connectivity index (χ2n) is 2.53. The molecule has 0 aliphatic heterocycles. The molecule has 1 aromatic rings. The van der Waals surface area contributed by atoms with E-state index in [0.29, 0.717) is 0 Å². The minimum Gasteiger partial charge on any atom is -0.0984 e. The lowest BCUT2D eigenvalue weighted by Crippen LogP contribution is -1.80. The first kappa shape index (κ1) is 10.1. The van der Waals surface area contributed by atoms with Crippen molar-refractivity contribution < 1.29 is 0 Å². The first-order valence-corrected chi connectivity index (χ1v) is 5.27. The van der Waals surface area contributed by atoms with Crippen LogP contribution in [-0.2, 0) is 0 Å². The largest absolute Gasteiger partial charge is 0.0984 e. The topological polar surface area (TPSA) is 0 Å². The van der Waals surface area contributed by atoms with Crippen molar-refractivity contribution in [1.82, 2.24) is 0 Å². The predicted octanol–water partition coefficient (Wildman–Crippen LogP) is 3.47. The van der Waals surface area contributed by atoms with E-state index in [0.717, 1.165) is 22.9 Å². The lowest BCUT2D eigenvalue weighted by molar-refractivity contribution is 1.32. The van der Waals surface area contributed by atoms with E-state index in [1.807, 2.05) is 30.3 Å². The minimum atomic E-state index is 0.880. The Labute approximate surface area is 87.8 Å². The first-order valence-electron chi connectivity index (χ1n) is 4.15. The highest BCUT2D eigenvalue weighted by molar-refractivity contribution is 9.09. The van der Waals surface area contributed by atoms with Crippen LogP contribution in [-0.4, -0.2) is 5.33 Å². The lowest BCUT2D eigenvalue weighted by Gasteiger charge is -1.95. The average molecular weight is 235 g/mol. The van der Waals surface area contributed by atoms with Crippen molar-refractivity contribution in [2.24, 2.45) is 0 Å². The van der Waals surface area contributed by atoms with Gasteiger partial charge in [-0.2, -0.15) is 0 Å². The molecular formula is C12H11Br. The SMILES string of the molecule is C=Cc1ccccc1C#CCCBr. The van der Waals surface area contributed by atoms with Crippen molar-refractivity contribution in [3.63, 3.8) is 0 Å². The molecule has 0 fully saturated rings. The van der Waals surface area contributed by atoms with E-state index in [4.69, 9.17) is 0 Å². The van der Waals surface area contributed by atoms with Crippen molar-refractivity contribution in [3.8, 4) is 11.8 Å². The van der Waals surface area contributed by atoms with E-state index in [1.54, 1.807) is 0 Å². The van der Waals surface area contributed by atoms with Crippen LogP contribution < -0.4 is 0 Å². The number of alkyl halides is 1. The Balaban J connectivity index is 2.88. The third-order valence-corrected chi connectivity index (χ3v) is 2.02. The molecule has 0 atom stereocenters. The summed E-state index contributed by atoms with van der Waals surface area (Å²) in [7, 11) is 0. The highest BCUT2D eigenvalue weighted by Gasteiger charge is 1.91. The van der Waals surface area contributed by atoms with Gasteiger partial charge in [-0.15, -0.1) is 0 Å². The molecule has 0 saturated carbocycles. The summed E-state index contributed by atoms with van der Waals surface area (Å²) in [4.78, 5) is 0. The number of rotatable bonds is 2. The maximum Gasteiger partial charge on any atom is 0.0317 e. The fourth-order valence-corrected chi connectivity index (χ4v) is 1.19. The van der Waals surface area contributed by atoms with Gasteiger partial charge in [0.25, 0.3) is 0 Å². The van der Waals surface area contributed by atoms with Gasteiger partial charge in [0, 0.05) is 17.3 Å². The Hall–Kier alpha value is -1.00. The van der Waals surface area contributed by atoms with Gasteiger partial charge in [-0.05, 0) is 11.6 Å². The maximum atomic E-state index is 3.74. The fourth-order valence-electron chi connectivity index (χ4n) is 0.994. The summed E-state index contributed by atoms with van der Waals surface area (Å²) < 4.78 is 0. The zero-order valence-corrected chi connectivity index (χ0v) is 8.97. The zero-order valence-electron chi connectivity index (χ0n) is 7.39. The van der Waals surface area contributed by atoms with Crippen molar-refractivity contribution in [3.05, 3.63) is 42.0 Å². The molecule has 13 heavy (non-hydrogen) atoms. The summed E-state index contributed by atoms with van der Waals surface area (Å²) in [5.41, 5.74) is 2.16. The molecule has 0 saturated heterocycles. The van der Waals surface area contributed by atoms with E-state index < -0.39 is 0 Å². The van der Waals surface area contributed by atoms with Crippen molar-refractivity contribution in [1.29, 1.82) is 0 Å². The molecule has 0 radical (unpaired) electrons. The Morgan fingerprint density at radius 3 is 2.85 bits per heavy atom. The van der Waals surface area contributed by atoms with Gasteiger partial charge >= 0.3 is 0 Å². The van der Waals surface area contributed by atoms with Gasteiger partial charge in [0.05, 0.1) is 0 Å². The summed E-state index contributed by atoms with van der Waals surface area (Å²) in [6.07, 6.45) is 2.71. The second-order valence-corrected chi connectivity index (χ2v) is 3.33. The molecule has 0 unspecified atom stereocenters. The van der Waals surface area contributed by atoms with Crippen molar-refractivity contribution in [2.75, 3.05) is 5.33 Å². The van der Waals surface area contributed by atoms with E-state index in [1.165, 1.54) is 0 Å². The molecule has 0 spiro atoms. The highest BCUT2D eigenvalue weighted by Crippen LogP contribution is 2.07. The molecule has 0 bridgehead atoms. The average Bonchev–Trinajstić information content (AvgIpc) is 2.19. The monoisotopic (exact) mass is 234 g/mol. The van der Waals surface area contributed by atoms with Crippen LogP contribution >= 0.6 is 15.9 Å². The third-order valence-electron chi connectivity index (χ3n) is 1.62. The van der Waals surface area contributed by atoms with Gasteiger partial charge in [-0.1, -0.05) is 58.6 Å². The summed E-state index contributed by atoms with van der Waals surface area (Å²) in [5, 5.41) is 0.927.